The minimum absolute atomic E-state index is 0.286. The van der Waals surface area contributed by atoms with Gasteiger partial charge in [0, 0.05) is 10.7 Å². The topological polar surface area (TPSA) is 52.3 Å². The van der Waals surface area contributed by atoms with Crippen LogP contribution in [-0.4, -0.2) is 13.1 Å². The van der Waals surface area contributed by atoms with Gasteiger partial charge in [-0.2, -0.15) is 0 Å². The lowest BCUT2D eigenvalue weighted by molar-refractivity contribution is -0.142. The Balaban J connectivity index is 3.11. The molecule has 1 rings (SSSR count). The normalized spacial score (nSPS) is 12.2. The molecule has 0 bridgehead atoms. The minimum Gasteiger partial charge on any atom is -0.469 e. The molecule has 0 saturated carbocycles. The van der Waals surface area contributed by atoms with E-state index in [0.29, 0.717) is 17.1 Å². The number of carbonyl (C=O) groups excluding carboxylic acids is 1. The summed E-state index contributed by atoms with van der Waals surface area (Å²) in [7, 11) is 1.37. The van der Waals surface area contributed by atoms with Crippen LogP contribution in [0.25, 0.3) is 0 Å². The van der Waals surface area contributed by atoms with E-state index in [1.54, 1.807) is 18.2 Å². The zero-order chi connectivity index (χ0) is 11.4. The second-order valence-electron chi connectivity index (χ2n) is 3.26. The maximum atomic E-state index is 11.5. The number of nitrogen functional groups attached to an aromatic ring is 1. The third-order valence-corrected chi connectivity index (χ3v) is 2.55. The SMILES string of the molecule is CCC(C(=O)OC)c1cc(Cl)ccc1N. The van der Waals surface area contributed by atoms with Crippen LogP contribution in [0.4, 0.5) is 5.69 Å². The van der Waals surface area contributed by atoms with E-state index in [0.717, 1.165) is 5.56 Å². The number of hydrogen-bond donors (Lipinski definition) is 1. The van der Waals surface area contributed by atoms with E-state index in [2.05, 4.69) is 0 Å². The number of esters is 1. The second kappa shape index (κ2) is 5.03. The number of nitrogens with two attached hydrogens (primary N) is 1. The van der Waals surface area contributed by atoms with Gasteiger partial charge < -0.3 is 10.5 Å². The van der Waals surface area contributed by atoms with E-state index in [9.17, 15) is 4.79 Å². The first-order chi connectivity index (χ1) is 7.10. The molecule has 3 nitrogen and oxygen atoms in total. The first-order valence-corrected chi connectivity index (χ1v) is 5.10. The summed E-state index contributed by atoms with van der Waals surface area (Å²) in [5.74, 6) is -0.625. The summed E-state index contributed by atoms with van der Waals surface area (Å²) in [6, 6.07) is 5.11. The molecule has 0 heterocycles. The average Bonchev–Trinajstić information content (AvgIpc) is 2.23. The Kier molecular flexibility index (Phi) is 3.97. The van der Waals surface area contributed by atoms with Gasteiger partial charge in [0.15, 0.2) is 0 Å². The fraction of sp³-hybridized carbons (Fsp3) is 0.364. The molecule has 1 aromatic rings. The van der Waals surface area contributed by atoms with E-state index >= 15 is 0 Å². The lowest BCUT2D eigenvalue weighted by Gasteiger charge is -2.15. The predicted molar refractivity (Wildman–Crippen MR) is 60.9 cm³/mol. The fourth-order valence-electron chi connectivity index (χ4n) is 1.50. The van der Waals surface area contributed by atoms with Gasteiger partial charge in [-0.05, 0) is 30.2 Å². The largest absolute Gasteiger partial charge is 0.469 e. The third kappa shape index (κ3) is 2.63. The van der Waals surface area contributed by atoms with Gasteiger partial charge in [0.25, 0.3) is 0 Å². The molecule has 0 spiro atoms. The summed E-state index contributed by atoms with van der Waals surface area (Å²) in [6.45, 7) is 1.90. The molecule has 4 heteroatoms. The van der Waals surface area contributed by atoms with Crippen LogP contribution in [0.1, 0.15) is 24.8 Å². The van der Waals surface area contributed by atoms with Crippen LogP contribution >= 0.6 is 11.6 Å². The van der Waals surface area contributed by atoms with Gasteiger partial charge in [0.2, 0.25) is 0 Å². The number of benzene rings is 1. The smallest absolute Gasteiger partial charge is 0.313 e. The zero-order valence-electron chi connectivity index (χ0n) is 8.79. The molecule has 1 aromatic carbocycles. The summed E-state index contributed by atoms with van der Waals surface area (Å²) < 4.78 is 4.71. The molecule has 1 unspecified atom stereocenters. The van der Waals surface area contributed by atoms with Crippen LogP contribution in [0.2, 0.25) is 5.02 Å². The monoisotopic (exact) mass is 227 g/mol. The summed E-state index contributed by atoms with van der Waals surface area (Å²) in [4.78, 5) is 11.5. The van der Waals surface area contributed by atoms with Crippen LogP contribution < -0.4 is 5.73 Å². The quantitative estimate of drug-likeness (QED) is 0.638. The predicted octanol–water partition coefficient (Wildman–Crippen LogP) is 2.59. The first-order valence-electron chi connectivity index (χ1n) is 4.72. The molecule has 0 amide bonds. The van der Waals surface area contributed by atoms with E-state index in [-0.39, 0.29) is 11.9 Å². The molecule has 0 saturated heterocycles. The molecule has 15 heavy (non-hydrogen) atoms. The summed E-state index contributed by atoms with van der Waals surface area (Å²) >= 11 is 5.86. The Bertz CT molecular complexity index is 366. The zero-order valence-corrected chi connectivity index (χ0v) is 9.54. The maximum absolute atomic E-state index is 11.5. The molecule has 0 aromatic heterocycles. The number of rotatable bonds is 3. The van der Waals surface area contributed by atoms with Crippen molar-refractivity contribution >= 4 is 23.3 Å². The van der Waals surface area contributed by atoms with Gasteiger partial charge in [0.05, 0.1) is 13.0 Å². The van der Waals surface area contributed by atoms with Crippen LogP contribution in [0.3, 0.4) is 0 Å². The van der Waals surface area contributed by atoms with Gasteiger partial charge >= 0.3 is 5.97 Å². The van der Waals surface area contributed by atoms with Gasteiger partial charge in [0.1, 0.15) is 0 Å². The molecule has 0 radical (unpaired) electrons. The number of hydrogen-bond acceptors (Lipinski definition) is 3. The average molecular weight is 228 g/mol. The number of ether oxygens (including phenoxy) is 1. The number of anilines is 1. The molecular weight excluding hydrogens is 214 g/mol. The third-order valence-electron chi connectivity index (χ3n) is 2.32. The van der Waals surface area contributed by atoms with E-state index in [4.69, 9.17) is 22.1 Å². The standard InChI is InChI=1S/C11H14ClNO2/c1-3-8(11(14)15-2)9-6-7(12)4-5-10(9)13/h4-6,8H,3,13H2,1-2H3. The number of methoxy groups -OCH3 is 1. The van der Waals surface area contributed by atoms with Crippen molar-refractivity contribution in [2.75, 3.05) is 12.8 Å². The van der Waals surface area contributed by atoms with E-state index in [1.807, 2.05) is 6.92 Å². The summed E-state index contributed by atoms with van der Waals surface area (Å²) in [5.41, 5.74) is 7.09. The van der Waals surface area contributed by atoms with Crippen LogP contribution in [-0.2, 0) is 9.53 Å². The Morgan fingerprint density at radius 3 is 2.80 bits per heavy atom. The second-order valence-corrected chi connectivity index (χ2v) is 3.69. The molecule has 2 N–H and O–H groups in total. The Morgan fingerprint density at radius 1 is 1.60 bits per heavy atom. The van der Waals surface area contributed by atoms with Crippen molar-refractivity contribution in [3.8, 4) is 0 Å². The molecule has 0 aliphatic carbocycles. The van der Waals surface area contributed by atoms with Crippen molar-refractivity contribution in [1.29, 1.82) is 0 Å². The summed E-state index contributed by atoms with van der Waals surface area (Å²) in [6.07, 6.45) is 0.636. The van der Waals surface area contributed by atoms with Gasteiger partial charge in [-0.25, -0.2) is 0 Å². The maximum Gasteiger partial charge on any atom is 0.313 e. The molecule has 0 aliphatic heterocycles. The van der Waals surface area contributed by atoms with Gasteiger partial charge in [-0.15, -0.1) is 0 Å². The highest BCUT2D eigenvalue weighted by Gasteiger charge is 2.21. The van der Waals surface area contributed by atoms with Gasteiger partial charge in [-0.1, -0.05) is 18.5 Å². The van der Waals surface area contributed by atoms with Crippen LogP contribution in [0.15, 0.2) is 18.2 Å². The van der Waals surface area contributed by atoms with E-state index in [1.165, 1.54) is 7.11 Å². The van der Waals surface area contributed by atoms with Crippen LogP contribution in [0.5, 0.6) is 0 Å². The molecular formula is C11H14ClNO2. The lowest BCUT2D eigenvalue weighted by atomic mass is 9.95. The summed E-state index contributed by atoms with van der Waals surface area (Å²) in [5, 5.41) is 0.571. The Hall–Kier alpha value is -1.22. The van der Waals surface area contributed by atoms with Crippen molar-refractivity contribution in [1.82, 2.24) is 0 Å². The highest BCUT2D eigenvalue weighted by molar-refractivity contribution is 6.30. The van der Waals surface area contributed by atoms with Crippen molar-refractivity contribution in [3.05, 3.63) is 28.8 Å². The van der Waals surface area contributed by atoms with Crippen molar-refractivity contribution in [2.24, 2.45) is 0 Å². The molecule has 1 atom stereocenters. The highest BCUT2D eigenvalue weighted by atomic mass is 35.5. The molecule has 82 valence electrons. The van der Waals surface area contributed by atoms with Crippen molar-refractivity contribution in [2.45, 2.75) is 19.3 Å². The highest BCUT2D eigenvalue weighted by Crippen LogP contribution is 2.28. The minimum atomic E-state index is -0.339. The number of carbonyl (C=O) groups is 1. The first kappa shape index (κ1) is 11.9. The Labute approximate surface area is 94.2 Å². The Morgan fingerprint density at radius 2 is 2.27 bits per heavy atom. The molecule has 0 fully saturated rings. The number of halogens is 1. The lowest BCUT2D eigenvalue weighted by Crippen LogP contribution is -2.15. The fourth-order valence-corrected chi connectivity index (χ4v) is 1.68. The van der Waals surface area contributed by atoms with Crippen molar-refractivity contribution < 1.29 is 9.53 Å². The molecule has 0 aliphatic rings. The van der Waals surface area contributed by atoms with Crippen molar-refractivity contribution in [3.63, 3.8) is 0 Å². The van der Waals surface area contributed by atoms with E-state index < -0.39 is 0 Å². The van der Waals surface area contributed by atoms with Crippen LogP contribution in [0, 0.1) is 0 Å². The van der Waals surface area contributed by atoms with Gasteiger partial charge in [-0.3, -0.25) is 4.79 Å².